The van der Waals surface area contributed by atoms with Gasteiger partial charge < -0.3 is 11.1 Å². The summed E-state index contributed by atoms with van der Waals surface area (Å²) in [4.78, 5) is 11.3. The number of rotatable bonds is 1. The number of hydrogen-bond donors (Lipinski definition) is 2. The molecule has 0 bridgehead atoms. The number of fused-ring (bicyclic) bond motifs is 1. The average molecular weight is 226 g/mol. The molecule has 5 nitrogen and oxygen atoms in total. The summed E-state index contributed by atoms with van der Waals surface area (Å²) in [5.74, 6) is -1.01. The number of carbonyl (C=O) groups excluding carboxylic acids is 1. The van der Waals surface area contributed by atoms with Gasteiger partial charge in [-0.3, -0.25) is 4.79 Å². The molecule has 0 atom stereocenters. The summed E-state index contributed by atoms with van der Waals surface area (Å²) in [6, 6.07) is 4.87. The van der Waals surface area contributed by atoms with E-state index in [2.05, 4.69) is 5.32 Å². The van der Waals surface area contributed by atoms with Crippen molar-refractivity contribution in [2.75, 3.05) is 11.1 Å². The Bertz CT molecular complexity index is 522. The van der Waals surface area contributed by atoms with Gasteiger partial charge in [0.25, 0.3) is 0 Å². The Kier molecular flexibility index (Phi) is 2.24. The lowest BCUT2D eigenvalue weighted by atomic mass is 10.2. The molecule has 6 heteroatoms. The number of nitrogens with two attached hydrogens (primary N) is 1. The Labute approximate surface area is 87.2 Å². The minimum absolute atomic E-state index is 0.137. The van der Waals surface area contributed by atoms with Crippen molar-refractivity contribution < 1.29 is 13.2 Å². The molecular formula is C9H10N2O3S. The molecule has 1 aliphatic rings. The molecular weight excluding hydrogens is 216 g/mol. The SMILES string of the molecule is NCc1cccc2c1S(=O)(=O)CC(=O)N2. The molecule has 0 aliphatic carbocycles. The summed E-state index contributed by atoms with van der Waals surface area (Å²) in [6.07, 6.45) is 0. The summed E-state index contributed by atoms with van der Waals surface area (Å²) in [7, 11) is -3.53. The largest absolute Gasteiger partial charge is 0.326 e. The van der Waals surface area contributed by atoms with Crippen molar-refractivity contribution in [3.63, 3.8) is 0 Å². The number of sulfone groups is 1. The Morgan fingerprint density at radius 1 is 1.40 bits per heavy atom. The van der Waals surface area contributed by atoms with E-state index in [1.54, 1.807) is 18.2 Å². The Morgan fingerprint density at radius 3 is 2.80 bits per heavy atom. The monoisotopic (exact) mass is 226 g/mol. The van der Waals surface area contributed by atoms with Gasteiger partial charge in [-0.25, -0.2) is 8.42 Å². The quantitative estimate of drug-likeness (QED) is 0.698. The lowest BCUT2D eigenvalue weighted by Crippen LogP contribution is -2.30. The molecule has 0 aromatic heterocycles. The fraction of sp³-hybridized carbons (Fsp3) is 0.222. The van der Waals surface area contributed by atoms with Gasteiger partial charge in [-0.15, -0.1) is 0 Å². The maximum Gasteiger partial charge on any atom is 0.239 e. The first-order valence-corrected chi connectivity index (χ1v) is 6.04. The van der Waals surface area contributed by atoms with E-state index in [9.17, 15) is 13.2 Å². The van der Waals surface area contributed by atoms with E-state index in [0.29, 0.717) is 11.3 Å². The number of anilines is 1. The van der Waals surface area contributed by atoms with Gasteiger partial charge >= 0.3 is 0 Å². The van der Waals surface area contributed by atoms with Crippen LogP contribution in [0.3, 0.4) is 0 Å². The molecule has 0 fully saturated rings. The van der Waals surface area contributed by atoms with E-state index < -0.39 is 21.5 Å². The first-order valence-electron chi connectivity index (χ1n) is 4.39. The minimum atomic E-state index is -3.53. The van der Waals surface area contributed by atoms with E-state index in [-0.39, 0.29) is 11.4 Å². The highest BCUT2D eigenvalue weighted by atomic mass is 32.2. The summed E-state index contributed by atoms with van der Waals surface area (Å²) < 4.78 is 23.5. The van der Waals surface area contributed by atoms with Crippen LogP contribution >= 0.6 is 0 Å². The van der Waals surface area contributed by atoms with Crippen molar-refractivity contribution in [3.8, 4) is 0 Å². The zero-order valence-electron chi connectivity index (χ0n) is 7.86. The van der Waals surface area contributed by atoms with Gasteiger partial charge in [0.15, 0.2) is 9.84 Å². The molecule has 1 aromatic carbocycles. The van der Waals surface area contributed by atoms with Gasteiger partial charge in [-0.05, 0) is 11.6 Å². The summed E-state index contributed by atoms with van der Waals surface area (Å²) in [6.45, 7) is 0.137. The Balaban J connectivity index is 2.73. The predicted molar refractivity (Wildman–Crippen MR) is 55.0 cm³/mol. The summed E-state index contributed by atoms with van der Waals surface area (Å²) in [5, 5.41) is 2.52. The molecule has 1 amide bonds. The molecule has 0 saturated heterocycles. The van der Waals surface area contributed by atoms with E-state index in [1.165, 1.54) is 0 Å². The van der Waals surface area contributed by atoms with E-state index in [0.717, 1.165) is 0 Å². The fourth-order valence-electron chi connectivity index (χ4n) is 1.64. The predicted octanol–water partition coefficient (Wildman–Crippen LogP) is -0.129. The number of benzene rings is 1. The highest BCUT2D eigenvalue weighted by molar-refractivity contribution is 7.92. The molecule has 0 saturated carbocycles. The van der Waals surface area contributed by atoms with Crippen LogP contribution in [0.5, 0.6) is 0 Å². The first-order chi connectivity index (χ1) is 7.04. The van der Waals surface area contributed by atoms with Gasteiger partial charge in [-0.2, -0.15) is 0 Å². The molecule has 1 aromatic rings. The van der Waals surface area contributed by atoms with Gasteiger partial charge in [0, 0.05) is 6.54 Å². The average Bonchev–Trinajstić information content (AvgIpc) is 2.14. The molecule has 3 N–H and O–H groups in total. The highest BCUT2D eigenvalue weighted by Crippen LogP contribution is 2.29. The molecule has 15 heavy (non-hydrogen) atoms. The second-order valence-corrected chi connectivity index (χ2v) is 5.23. The zero-order valence-corrected chi connectivity index (χ0v) is 8.67. The van der Waals surface area contributed by atoms with Gasteiger partial charge in [0.05, 0.1) is 10.6 Å². The van der Waals surface area contributed by atoms with Crippen molar-refractivity contribution in [1.29, 1.82) is 0 Å². The van der Waals surface area contributed by atoms with Crippen LogP contribution in [0.1, 0.15) is 5.56 Å². The minimum Gasteiger partial charge on any atom is -0.326 e. The van der Waals surface area contributed by atoms with E-state index in [4.69, 9.17) is 5.73 Å². The molecule has 0 unspecified atom stereocenters. The lowest BCUT2D eigenvalue weighted by Gasteiger charge is -2.19. The third kappa shape index (κ3) is 1.62. The van der Waals surface area contributed by atoms with Crippen LogP contribution in [0.25, 0.3) is 0 Å². The van der Waals surface area contributed by atoms with Crippen molar-refractivity contribution >= 4 is 21.4 Å². The van der Waals surface area contributed by atoms with Crippen LogP contribution in [0.2, 0.25) is 0 Å². The number of amides is 1. The fourth-order valence-corrected chi connectivity index (χ4v) is 3.21. The van der Waals surface area contributed by atoms with E-state index >= 15 is 0 Å². The standard InChI is InChI=1S/C9H10N2O3S/c10-4-6-2-1-3-7-9(6)15(13,14)5-8(12)11-7/h1-3H,4-5,10H2,(H,11,12). The van der Waals surface area contributed by atoms with Crippen LogP contribution in [0.15, 0.2) is 23.1 Å². The van der Waals surface area contributed by atoms with Crippen LogP contribution in [-0.4, -0.2) is 20.1 Å². The van der Waals surface area contributed by atoms with Crippen molar-refractivity contribution in [1.82, 2.24) is 0 Å². The number of nitrogens with one attached hydrogen (secondary N) is 1. The van der Waals surface area contributed by atoms with Gasteiger partial charge in [-0.1, -0.05) is 12.1 Å². The van der Waals surface area contributed by atoms with Crippen LogP contribution in [0, 0.1) is 0 Å². The normalized spacial score (nSPS) is 18.1. The number of carbonyl (C=O) groups is 1. The summed E-state index contributed by atoms with van der Waals surface area (Å²) in [5.41, 5.74) is 6.32. The molecule has 0 spiro atoms. The molecule has 2 rings (SSSR count). The zero-order chi connectivity index (χ0) is 11.1. The lowest BCUT2D eigenvalue weighted by molar-refractivity contribution is -0.114. The third-order valence-electron chi connectivity index (χ3n) is 2.22. The summed E-state index contributed by atoms with van der Waals surface area (Å²) >= 11 is 0. The van der Waals surface area contributed by atoms with Crippen molar-refractivity contribution in [2.24, 2.45) is 5.73 Å². The topological polar surface area (TPSA) is 89.3 Å². The highest BCUT2D eigenvalue weighted by Gasteiger charge is 2.30. The molecule has 1 aliphatic heterocycles. The Hall–Kier alpha value is -1.40. The third-order valence-corrected chi connectivity index (χ3v) is 3.97. The first kappa shape index (κ1) is 10.1. The maximum atomic E-state index is 11.7. The smallest absolute Gasteiger partial charge is 0.239 e. The molecule has 0 radical (unpaired) electrons. The Morgan fingerprint density at radius 2 is 2.13 bits per heavy atom. The van der Waals surface area contributed by atoms with Crippen molar-refractivity contribution in [2.45, 2.75) is 11.4 Å². The second kappa shape index (κ2) is 3.32. The molecule has 1 heterocycles. The molecule has 80 valence electrons. The van der Waals surface area contributed by atoms with Gasteiger partial charge in [0.2, 0.25) is 5.91 Å². The van der Waals surface area contributed by atoms with Crippen LogP contribution in [-0.2, 0) is 21.2 Å². The van der Waals surface area contributed by atoms with Crippen LogP contribution < -0.4 is 11.1 Å². The van der Waals surface area contributed by atoms with Crippen molar-refractivity contribution in [3.05, 3.63) is 23.8 Å². The van der Waals surface area contributed by atoms with Crippen LogP contribution in [0.4, 0.5) is 5.69 Å². The van der Waals surface area contributed by atoms with Gasteiger partial charge in [0.1, 0.15) is 5.75 Å². The van der Waals surface area contributed by atoms with E-state index in [1.807, 2.05) is 0 Å². The maximum absolute atomic E-state index is 11.7. The number of hydrogen-bond acceptors (Lipinski definition) is 4. The second-order valence-electron chi connectivity index (χ2n) is 3.31.